The minimum absolute atomic E-state index is 0. The van der Waals surface area contributed by atoms with Crippen molar-refractivity contribution >= 4 is 60.1 Å². The van der Waals surface area contributed by atoms with Crippen molar-refractivity contribution in [1.29, 1.82) is 0 Å². The van der Waals surface area contributed by atoms with Gasteiger partial charge >= 0.3 is 60.1 Å². The Morgan fingerprint density at radius 2 is 1.76 bits per heavy atom. The van der Waals surface area contributed by atoms with Gasteiger partial charge in [-0.3, -0.25) is 4.55 Å². The van der Waals surface area contributed by atoms with Crippen LogP contribution in [0.1, 0.15) is 23.6 Å². The van der Waals surface area contributed by atoms with Crippen LogP contribution >= 0.6 is 0 Å². The van der Waals surface area contributed by atoms with E-state index in [4.69, 9.17) is 9.66 Å². The van der Waals surface area contributed by atoms with Crippen molar-refractivity contribution in [2.45, 2.75) is 0 Å². The number of aromatic carboxylic acids is 1. The SMILES string of the molecule is O=C(O)c1cccc(C(=O)OS(=O)(=O)O)c1.[Ca+2].[H-].[H-]. The largest absolute Gasteiger partial charge is 2.00 e. The third-order valence-corrected chi connectivity index (χ3v) is 1.89. The molecule has 0 fully saturated rings. The minimum Gasteiger partial charge on any atom is -1.00 e. The Morgan fingerprint density at radius 1 is 1.24 bits per heavy atom. The normalized spacial score (nSPS) is 10.2. The van der Waals surface area contributed by atoms with Gasteiger partial charge in [-0.15, -0.1) is 0 Å². The van der Waals surface area contributed by atoms with Gasteiger partial charge in [0.2, 0.25) is 0 Å². The number of hydrogen-bond donors (Lipinski definition) is 2. The van der Waals surface area contributed by atoms with E-state index in [-0.39, 0.29) is 51.7 Å². The van der Waals surface area contributed by atoms with E-state index in [2.05, 4.69) is 4.18 Å². The van der Waals surface area contributed by atoms with E-state index in [1.165, 1.54) is 12.1 Å². The maximum Gasteiger partial charge on any atom is 2.00 e. The summed E-state index contributed by atoms with van der Waals surface area (Å²) in [7, 11) is -4.90. The molecule has 7 nitrogen and oxygen atoms in total. The Morgan fingerprint density at radius 3 is 2.24 bits per heavy atom. The number of carbonyl (C=O) groups is 2. The van der Waals surface area contributed by atoms with Crippen LogP contribution in [0.4, 0.5) is 0 Å². The topological polar surface area (TPSA) is 118 Å². The van der Waals surface area contributed by atoms with E-state index < -0.39 is 22.3 Å². The Balaban J connectivity index is -0.000000853. The number of carbonyl (C=O) groups excluding carboxylic acids is 1. The van der Waals surface area contributed by atoms with E-state index in [1.54, 1.807) is 0 Å². The van der Waals surface area contributed by atoms with Gasteiger partial charge in [-0.05, 0) is 18.2 Å². The molecule has 0 aromatic heterocycles. The van der Waals surface area contributed by atoms with Gasteiger partial charge in [0.15, 0.2) is 0 Å². The molecule has 0 unspecified atom stereocenters. The predicted octanol–water partition coefficient (Wildman–Crippen LogP) is 0.189. The number of benzene rings is 1. The average molecular weight is 288 g/mol. The maximum absolute atomic E-state index is 11.1. The molecule has 2 N–H and O–H groups in total. The fourth-order valence-corrected chi connectivity index (χ4v) is 1.21. The van der Waals surface area contributed by atoms with E-state index in [0.717, 1.165) is 12.1 Å². The van der Waals surface area contributed by atoms with E-state index in [0.29, 0.717) is 0 Å². The molecule has 0 bridgehead atoms. The first-order chi connectivity index (χ1) is 7.29. The van der Waals surface area contributed by atoms with Crippen molar-refractivity contribution in [3.05, 3.63) is 35.4 Å². The summed E-state index contributed by atoms with van der Waals surface area (Å²) >= 11 is 0. The second-order valence-electron chi connectivity index (χ2n) is 2.68. The predicted molar refractivity (Wildman–Crippen MR) is 58.3 cm³/mol. The van der Waals surface area contributed by atoms with Crippen molar-refractivity contribution in [3.63, 3.8) is 0 Å². The molecule has 0 spiro atoms. The molecule has 1 rings (SSSR count). The molecule has 0 saturated carbocycles. The first kappa shape index (κ1) is 16.3. The van der Waals surface area contributed by atoms with Gasteiger partial charge in [0, 0.05) is 0 Å². The third-order valence-electron chi connectivity index (χ3n) is 1.53. The van der Waals surface area contributed by atoms with Crippen molar-refractivity contribution in [1.82, 2.24) is 0 Å². The zero-order chi connectivity index (χ0) is 12.3. The summed E-state index contributed by atoms with van der Waals surface area (Å²) in [5, 5.41) is 8.60. The van der Waals surface area contributed by atoms with Crippen LogP contribution in [0, 0.1) is 0 Å². The van der Waals surface area contributed by atoms with Gasteiger partial charge in [0.05, 0.1) is 11.1 Å². The smallest absolute Gasteiger partial charge is 1.00 e. The van der Waals surface area contributed by atoms with Gasteiger partial charge in [-0.1, -0.05) is 6.07 Å². The first-order valence-electron chi connectivity index (χ1n) is 3.84. The van der Waals surface area contributed by atoms with E-state index >= 15 is 0 Å². The van der Waals surface area contributed by atoms with E-state index in [9.17, 15) is 18.0 Å². The van der Waals surface area contributed by atoms with Crippen LogP contribution in [0.15, 0.2) is 24.3 Å². The van der Waals surface area contributed by atoms with Crippen LogP contribution in [0.25, 0.3) is 0 Å². The molecular formula is C8H8CaO7S. The summed E-state index contributed by atoms with van der Waals surface area (Å²) in [6.45, 7) is 0. The molecule has 9 heteroatoms. The van der Waals surface area contributed by atoms with Crippen LogP contribution in [0.3, 0.4) is 0 Å². The average Bonchev–Trinajstić information content (AvgIpc) is 2.15. The zero-order valence-corrected chi connectivity index (χ0v) is 11.4. The molecule has 0 aliphatic carbocycles. The first-order valence-corrected chi connectivity index (χ1v) is 5.21. The Kier molecular flexibility index (Phi) is 6.06. The fraction of sp³-hybridized carbons (Fsp3) is 0. The van der Waals surface area contributed by atoms with Crippen LogP contribution < -0.4 is 0 Å². The Hall–Kier alpha value is -0.670. The summed E-state index contributed by atoms with van der Waals surface area (Å²) in [5.41, 5.74) is -0.498. The van der Waals surface area contributed by atoms with Crippen molar-refractivity contribution in [3.8, 4) is 0 Å². The minimum atomic E-state index is -4.90. The summed E-state index contributed by atoms with van der Waals surface area (Å²) in [5.74, 6) is -2.63. The molecule has 0 aliphatic rings. The van der Waals surface area contributed by atoms with Gasteiger partial charge in [0.25, 0.3) is 0 Å². The summed E-state index contributed by atoms with van der Waals surface area (Å²) in [6, 6.07) is 4.53. The molecule has 0 radical (unpaired) electrons. The van der Waals surface area contributed by atoms with Gasteiger partial charge < -0.3 is 12.1 Å². The molecule has 17 heavy (non-hydrogen) atoms. The van der Waals surface area contributed by atoms with Crippen LogP contribution in [-0.2, 0) is 14.6 Å². The van der Waals surface area contributed by atoms with Crippen molar-refractivity contribution in [2.75, 3.05) is 0 Å². The molecule has 1 aromatic rings. The molecule has 0 aliphatic heterocycles. The monoisotopic (exact) mass is 288 g/mol. The molecule has 0 amide bonds. The number of carboxylic acid groups (broad SMARTS) is 1. The van der Waals surface area contributed by atoms with Crippen molar-refractivity contribution < 1.29 is 34.7 Å². The van der Waals surface area contributed by atoms with Gasteiger partial charge in [-0.2, -0.15) is 8.42 Å². The Labute approximate surface area is 129 Å². The summed E-state index contributed by atoms with van der Waals surface area (Å²) < 4.78 is 32.4. The third kappa shape index (κ3) is 5.46. The zero-order valence-electron chi connectivity index (χ0n) is 10.4. The quantitative estimate of drug-likeness (QED) is 0.602. The second-order valence-corrected chi connectivity index (χ2v) is 3.71. The molecule has 90 valence electrons. The number of carboxylic acids is 1. The number of rotatable bonds is 3. The molecule has 1 aromatic carbocycles. The molecular weight excluding hydrogens is 280 g/mol. The fourth-order valence-electron chi connectivity index (χ4n) is 0.923. The van der Waals surface area contributed by atoms with Gasteiger partial charge in [0.1, 0.15) is 0 Å². The van der Waals surface area contributed by atoms with E-state index in [1.807, 2.05) is 0 Å². The maximum atomic E-state index is 11.1. The Bertz CT molecular complexity index is 546. The van der Waals surface area contributed by atoms with Gasteiger partial charge in [-0.25, -0.2) is 9.59 Å². The van der Waals surface area contributed by atoms with Crippen LogP contribution in [0.5, 0.6) is 0 Å². The molecule has 0 saturated heterocycles. The summed E-state index contributed by atoms with van der Waals surface area (Å²) in [4.78, 5) is 21.6. The standard InChI is InChI=1S/C8H6O7S.Ca.2H/c9-7(10)5-2-1-3-6(4-5)8(11)15-16(12,13)14;;;/h1-4H,(H,9,10)(H,12,13,14);;;/q;+2;2*-1. The second kappa shape index (κ2) is 6.31. The van der Waals surface area contributed by atoms with Crippen LogP contribution in [0.2, 0.25) is 0 Å². The van der Waals surface area contributed by atoms with Crippen molar-refractivity contribution in [2.24, 2.45) is 0 Å². The molecule has 0 heterocycles. The summed E-state index contributed by atoms with van der Waals surface area (Å²) in [6.07, 6.45) is 0. The molecule has 0 atom stereocenters. The number of hydrogen-bond acceptors (Lipinski definition) is 5. The van der Waals surface area contributed by atoms with Crippen LogP contribution in [-0.4, -0.2) is 67.8 Å².